The Kier molecular flexibility index (Phi) is 16.6. The predicted octanol–water partition coefficient (Wildman–Crippen LogP) is 6.55. The SMILES string of the molecule is CC#CCCC(O)/C=C/C1CCC2Oc3c(CCCC(=O)O)cccc3C12.O=C(O)C1CCCCC1C(=O)NCCCCCCS. The fraction of sp³-hybridized carbons (Fsp3) is 0.649. The van der Waals surface area contributed by atoms with E-state index in [9.17, 15) is 19.5 Å². The van der Waals surface area contributed by atoms with E-state index in [2.05, 4.69) is 48.0 Å². The van der Waals surface area contributed by atoms with Gasteiger partial charge in [0.2, 0.25) is 5.91 Å². The number of benzene rings is 1. The number of para-hydroxylation sites is 1. The number of carboxylic acids is 2. The molecule has 3 aliphatic rings. The van der Waals surface area contributed by atoms with Crippen LogP contribution in [0.4, 0.5) is 0 Å². The molecule has 1 amide bonds. The van der Waals surface area contributed by atoms with E-state index in [0.29, 0.717) is 50.5 Å². The topological polar surface area (TPSA) is 133 Å². The molecule has 9 heteroatoms. The summed E-state index contributed by atoms with van der Waals surface area (Å²) in [5.41, 5.74) is 2.36. The van der Waals surface area contributed by atoms with E-state index in [1.807, 2.05) is 19.1 Å². The van der Waals surface area contributed by atoms with Crippen LogP contribution in [0.1, 0.15) is 114 Å². The smallest absolute Gasteiger partial charge is 0.307 e. The van der Waals surface area contributed by atoms with E-state index in [1.54, 1.807) is 0 Å². The quantitative estimate of drug-likeness (QED) is 0.0590. The number of aliphatic hydroxyl groups is 1. The molecule has 4 N–H and O–H groups in total. The molecule has 6 atom stereocenters. The Labute approximate surface area is 280 Å². The number of rotatable bonds is 16. The largest absolute Gasteiger partial charge is 0.489 e. The number of aliphatic carboxylic acids is 2. The molecule has 0 saturated heterocycles. The standard InChI is InChI=1S/C23H28O4.C14H25NO3S/c1-2-3-4-9-18(24)14-12-16-13-15-20-22(16)19-10-5-7-17(23(19)27-20)8-6-11-21(25)26;16-13(15-9-5-1-2-6-10-19)11-7-3-4-8-12(11)14(17)18/h5,7,10,12,14,16,18,20,22,24H,4,6,8-9,11,13,15H2,1H3,(H,25,26);11-12,19H,1-10H2,(H,15,16)(H,17,18)/b14-12+;. The van der Waals surface area contributed by atoms with Crippen molar-refractivity contribution in [3.63, 3.8) is 0 Å². The first kappa shape index (κ1) is 37.5. The highest BCUT2D eigenvalue weighted by molar-refractivity contribution is 7.80. The first-order chi connectivity index (χ1) is 22.3. The number of fused-ring (bicyclic) bond motifs is 3. The number of hydrogen-bond acceptors (Lipinski definition) is 6. The first-order valence-corrected chi connectivity index (χ1v) is 17.8. The number of ether oxygens (including phenoxy) is 1. The highest BCUT2D eigenvalue weighted by atomic mass is 32.1. The molecule has 1 aromatic carbocycles. The van der Waals surface area contributed by atoms with Crippen LogP contribution in [0.3, 0.4) is 0 Å². The third-order valence-corrected chi connectivity index (χ3v) is 9.68. The van der Waals surface area contributed by atoms with Gasteiger partial charge in [0.05, 0.1) is 17.9 Å². The summed E-state index contributed by atoms with van der Waals surface area (Å²) in [6.45, 7) is 2.47. The van der Waals surface area contributed by atoms with Crippen LogP contribution < -0.4 is 10.1 Å². The second-order valence-corrected chi connectivity index (χ2v) is 13.1. The molecular formula is C37H53NO7S. The molecule has 1 heterocycles. The number of carbonyl (C=O) groups excluding carboxylic acids is 1. The summed E-state index contributed by atoms with van der Waals surface area (Å²) in [5.74, 6) is 5.96. The van der Waals surface area contributed by atoms with Crippen molar-refractivity contribution in [3.05, 3.63) is 41.5 Å². The average molecular weight is 656 g/mol. The molecule has 0 radical (unpaired) electrons. The zero-order valence-electron chi connectivity index (χ0n) is 27.3. The van der Waals surface area contributed by atoms with Crippen molar-refractivity contribution in [2.45, 2.75) is 121 Å². The normalized spacial score (nSPS) is 23.6. The monoisotopic (exact) mass is 655 g/mol. The van der Waals surface area contributed by atoms with Crippen LogP contribution in [-0.2, 0) is 20.8 Å². The van der Waals surface area contributed by atoms with Crippen molar-refractivity contribution in [2.24, 2.45) is 17.8 Å². The van der Waals surface area contributed by atoms with Gasteiger partial charge in [-0.25, -0.2) is 0 Å². The van der Waals surface area contributed by atoms with Gasteiger partial charge in [-0.1, -0.05) is 56.0 Å². The number of hydrogen-bond donors (Lipinski definition) is 5. The second kappa shape index (κ2) is 20.3. The third kappa shape index (κ3) is 11.7. The van der Waals surface area contributed by atoms with Crippen LogP contribution >= 0.6 is 12.6 Å². The number of allylic oxidation sites excluding steroid dienone is 1. The predicted molar refractivity (Wildman–Crippen MR) is 183 cm³/mol. The lowest BCUT2D eigenvalue weighted by Crippen LogP contribution is -2.40. The van der Waals surface area contributed by atoms with Crippen molar-refractivity contribution in [3.8, 4) is 17.6 Å². The second-order valence-electron chi connectivity index (χ2n) is 12.7. The minimum absolute atomic E-state index is 0.0682. The molecule has 2 saturated carbocycles. The number of unbranched alkanes of at least 4 members (excludes halogenated alkanes) is 3. The number of nitrogens with one attached hydrogen (secondary N) is 1. The molecular weight excluding hydrogens is 602 g/mol. The van der Waals surface area contributed by atoms with E-state index in [1.165, 1.54) is 5.56 Å². The molecule has 0 aromatic heterocycles. The zero-order chi connectivity index (χ0) is 33.3. The number of thiol groups is 1. The van der Waals surface area contributed by atoms with Crippen molar-refractivity contribution in [2.75, 3.05) is 12.3 Å². The summed E-state index contributed by atoms with van der Waals surface area (Å²) in [6.07, 6.45) is 16.3. The summed E-state index contributed by atoms with van der Waals surface area (Å²) in [5, 5.41) is 31.0. The number of amides is 1. The van der Waals surface area contributed by atoms with Gasteiger partial charge in [0.1, 0.15) is 11.9 Å². The molecule has 0 spiro atoms. The first-order valence-electron chi connectivity index (χ1n) is 17.1. The highest BCUT2D eigenvalue weighted by Crippen LogP contribution is 2.52. The van der Waals surface area contributed by atoms with E-state index in [0.717, 1.165) is 74.9 Å². The van der Waals surface area contributed by atoms with Crippen LogP contribution in [0, 0.1) is 29.6 Å². The lowest BCUT2D eigenvalue weighted by Gasteiger charge is -2.27. The van der Waals surface area contributed by atoms with Gasteiger partial charge in [0, 0.05) is 30.9 Å². The summed E-state index contributed by atoms with van der Waals surface area (Å²) in [7, 11) is 0. The Balaban J connectivity index is 0.000000268. The summed E-state index contributed by atoms with van der Waals surface area (Å²) in [4.78, 5) is 33.9. The van der Waals surface area contributed by atoms with Gasteiger partial charge < -0.3 is 25.4 Å². The Bertz CT molecular complexity index is 1220. The van der Waals surface area contributed by atoms with Crippen molar-refractivity contribution < 1.29 is 34.4 Å². The lowest BCUT2D eigenvalue weighted by molar-refractivity contribution is -0.148. The van der Waals surface area contributed by atoms with Gasteiger partial charge in [-0.2, -0.15) is 12.6 Å². The van der Waals surface area contributed by atoms with Gasteiger partial charge in [0.25, 0.3) is 0 Å². The summed E-state index contributed by atoms with van der Waals surface area (Å²) < 4.78 is 6.27. The van der Waals surface area contributed by atoms with Crippen LogP contribution in [-0.4, -0.2) is 57.7 Å². The maximum absolute atomic E-state index is 12.0. The average Bonchev–Trinajstić information content (AvgIpc) is 3.62. The van der Waals surface area contributed by atoms with Gasteiger partial charge in [-0.3, -0.25) is 14.4 Å². The Morgan fingerprint density at radius 3 is 2.52 bits per heavy atom. The van der Waals surface area contributed by atoms with Gasteiger partial charge >= 0.3 is 11.9 Å². The molecule has 2 aliphatic carbocycles. The van der Waals surface area contributed by atoms with E-state index >= 15 is 0 Å². The van der Waals surface area contributed by atoms with E-state index in [-0.39, 0.29) is 24.3 Å². The van der Waals surface area contributed by atoms with Gasteiger partial charge in [-0.05, 0) is 81.9 Å². The minimum Gasteiger partial charge on any atom is -0.489 e. The molecule has 46 heavy (non-hydrogen) atoms. The number of aryl methyl sites for hydroxylation is 1. The van der Waals surface area contributed by atoms with Crippen LogP contribution in [0.2, 0.25) is 0 Å². The van der Waals surface area contributed by atoms with E-state index in [4.69, 9.17) is 14.9 Å². The maximum atomic E-state index is 12.0. The van der Waals surface area contributed by atoms with Crippen molar-refractivity contribution >= 4 is 30.5 Å². The van der Waals surface area contributed by atoms with Crippen LogP contribution in [0.15, 0.2) is 30.4 Å². The number of aliphatic hydroxyl groups excluding tert-OH is 1. The molecule has 6 unspecified atom stereocenters. The lowest BCUT2D eigenvalue weighted by atomic mass is 9.78. The highest BCUT2D eigenvalue weighted by Gasteiger charge is 2.44. The molecule has 1 aliphatic heterocycles. The third-order valence-electron chi connectivity index (χ3n) is 9.36. The molecule has 254 valence electrons. The number of carboxylic acid groups (broad SMARTS) is 2. The zero-order valence-corrected chi connectivity index (χ0v) is 28.2. The Morgan fingerprint density at radius 2 is 1.80 bits per heavy atom. The number of carbonyl (C=O) groups is 3. The summed E-state index contributed by atoms with van der Waals surface area (Å²) in [6, 6.07) is 6.24. The van der Waals surface area contributed by atoms with Crippen LogP contribution in [0.5, 0.6) is 5.75 Å². The van der Waals surface area contributed by atoms with Crippen molar-refractivity contribution in [1.29, 1.82) is 0 Å². The summed E-state index contributed by atoms with van der Waals surface area (Å²) >= 11 is 4.15. The maximum Gasteiger partial charge on any atom is 0.307 e. The Hall–Kier alpha value is -2.96. The molecule has 2 fully saturated rings. The molecule has 1 aromatic rings. The van der Waals surface area contributed by atoms with Gasteiger partial charge in [-0.15, -0.1) is 11.8 Å². The molecule has 8 nitrogen and oxygen atoms in total. The molecule has 4 rings (SSSR count). The van der Waals surface area contributed by atoms with Crippen molar-refractivity contribution in [1.82, 2.24) is 5.32 Å². The van der Waals surface area contributed by atoms with Crippen LogP contribution in [0.25, 0.3) is 0 Å². The Morgan fingerprint density at radius 1 is 1.04 bits per heavy atom. The van der Waals surface area contributed by atoms with Gasteiger partial charge in [0.15, 0.2) is 0 Å². The van der Waals surface area contributed by atoms with E-state index < -0.39 is 24.0 Å². The fourth-order valence-electron chi connectivity index (χ4n) is 6.95. The minimum atomic E-state index is -0.825. The molecule has 0 bridgehead atoms. The fourth-order valence-corrected chi connectivity index (χ4v) is 7.17.